The van der Waals surface area contributed by atoms with Crippen LogP contribution in [-0.2, 0) is 5.79 Å². The van der Waals surface area contributed by atoms with Gasteiger partial charge in [0.05, 0.1) is 7.11 Å². The Labute approximate surface area is 131 Å². The van der Waals surface area contributed by atoms with Crippen molar-refractivity contribution in [1.29, 1.82) is 0 Å². The maximum Gasteiger partial charge on any atom is 0.268 e. The van der Waals surface area contributed by atoms with Crippen molar-refractivity contribution >= 4 is 5.78 Å². The molecule has 2 atom stereocenters. The number of benzene rings is 2. The molecular weight excluding hydrogens is 304 g/mol. The Hall–Kier alpha value is -2.77. The van der Waals surface area contributed by atoms with Gasteiger partial charge >= 0.3 is 0 Å². The molecule has 0 bridgehead atoms. The molecule has 0 aromatic heterocycles. The highest BCUT2D eigenvalue weighted by atomic mass is 16.6. The number of aliphatic hydroxyl groups excluding tert-OH is 1. The highest BCUT2D eigenvalue weighted by molar-refractivity contribution is 6.06. The van der Waals surface area contributed by atoms with Gasteiger partial charge in [0, 0.05) is 11.6 Å². The number of rotatable bonds is 2. The second kappa shape index (κ2) is 5.15. The standard InChI is InChI=1S/C16H14O7/c1-22-14-9(17)7-10-11(12(14)18)13(19)15(20)16(21,23-10)8-5-3-2-4-6-8/h2-7,15,17-18,20-21H,1H3. The molecule has 120 valence electrons. The van der Waals surface area contributed by atoms with Gasteiger partial charge in [0.15, 0.2) is 17.6 Å². The van der Waals surface area contributed by atoms with Crippen LogP contribution in [0.15, 0.2) is 36.4 Å². The number of methoxy groups -OCH3 is 1. The number of phenols is 2. The molecule has 0 saturated carbocycles. The summed E-state index contributed by atoms with van der Waals surface area (Å²) in [6, 6.07) is 8.89. The highest BCUT2D eigenvalue weighted by Crippen LogP contribution is 2.49. The van der Waals surface area contributed by atoms with Gasteiger partial charge in [0.1, 0.15) is 11.3 Å². The van der Waals surface area contributed by atoms with Crippen molar-refractivity contribution in [3.63, 3.8) is 0 Å². The second-order valence-corrected chi connectivity index (χ2v) is 5.08. The Balaban J connectivity index is 2.20. The summed E-state index contributed by atoms with van der Waals surface area (Å²) in [7, 11) is 1.20. The Morgan fingerprint density at radius 2 is 1.87 bits per heavy atom. The average Bonchev–Trinajstić information content (AvgIpc) is 2.53. The summed E-state index contributed by atoms with van der Waals surface area (Å²) < 4.78 is 10.2. The predicted octanol–water partition coefficient (Wildman–Crippen LogP) is 0.888. The number of fused-ring (bicyclic) bond motifs is 1. The molecule has 7 nitrogen and oxygen atoms in total. The first-order chi connectivity index (χ1) is 10.9. The summed E-state index contributed by atoms with van der Waals surface area (Å²) in [6.07, 6.45) is -1.96. The minimum atomic E-state index is -2.33. The summed E-state index contributed by atoms with van der Waals surface area (Å²) in [5.41, 5.74) is -0.214. The quantitative estimate of drug-likeness (QED) is 0.649. The van der Waals surface area contributed by atoms with Crippen LogP contribution in [0.1, 0.15) is 15.9 Å². The first kappa shape index (κ1) is 15.1. The van der Waals surface area contributed by atoms with Crippen LogP contribution in [0.5, 0.6) is 23.0 Å². The minimum absolute atomic E-state index is 0.154. The highest BCUT2D eigenvalue weighted by Gasteiger charge is 2.51. The summed E-state index contributed by atoms with van der Waals surface area (Å²) in [5.74, 6) is -5.00. The van der Waals surface area contributed by atoms with Gasteiger partial charge in [0.25, 0.3) is 5.79 Å². The van der Waals surface area contributed by atoms with Crippen LogP contribution in [0.25, 0.3) is 0 Å². The van der Waals surface area contributed by atoms with Crippen molar-refractivity contribution in [2.45, 2.75) is 11.9 Å². The molecule has 1 aliphatic rings. The lowest BCUT2D eigenvalue weighted by molar-refractivity contribution is -0.204. The molecule has 0 radical (unpaired) electrons. The van der Waals surface area contributed by atoms with Crippen LogP contribution >= 0.6 is 0 Å². The van der Waals surface area contributed by atoms with E-state index in [0.717, 1.165) is 6.07 Å². The molecule has 2 aromatic carbocycles. The molecule has 4 N–H and O–H groups in total. The fraction of sp³-hybridized carbons (Fsp3) is 0.188. The lowest BCUT2D eigenvalue weighted by Crippen LogP contribution is -2.52. The Morgan fingerprint density at radius 3 is 2.48 bits per heavy atom. The van der Waals surface area contributed by atoms with E-state index < -0.39 is 29.2 Å². The lowest BCUT2D eigenvalue weighted by atomic mass is 9.89. The van der Waals surface area contributed by atoms with Crippen LogP contribution in [0.4, 0.5) is 0 Å². The largest absolute Gasteiger partial charge is 0.504 e. The molecule has 0 spiro atoms. The number of ketones is 1. The Bertz CT molecular complexity index is 772. The Morgan fingerprint density at radius 1 is 1.22 bits per heavy atom. The van der Waals surface area contributed by atoms with Crippen LogP contribution in [0, 0.1) is 0 Å². The molecule has 7 heteroatoms. The van der Waals surface area contributed by atoms with Crippen LogP contribution < -0.4 is 9.47 Å². The van der Waals surface area contributed by atoms with Crippen molar-refractivity contribution in [2.75, 3.05) is 7.11 Å². The maximum atomic E-state index is 12.4. The van der Waals surface area contributed by atoms with Gasteiger partial charge in [-0.05, 0) is 0 Å². The number of phenolic OH excluding ortho intramolecular Hbond substituents is 2. The van der Waals surface area contributed by atoms with Gasteiger partial charge in [-0.1, -0.05) is 30.3 Å². The van der Waals surface area contributed by atoms with E-state index in [1.54, 1.807) is 18.2 Å². The Kier molecular flexibility index (Phi) is 3.39. The van der Waals surface area contributed by atoms with Gasteiger partial charge in [-0.15, -0.1) is 0 Å². The number of carbonyl (C=O) groups is 1. The fourth-order valence-corrected chi connectivity index (χ4v) is 2.56. The first-order valence-corrected chi connectivity index (χ1v) is 6.72. The number of aliphatic hydroxyl groups is 2. The van der Waals surface area contributed by atoms with Gasteiger partial charge in [-0.2, -0.15) is 0 Å². The number of carbonyl (C=O) groups excluding carboxylic acids is 1. The number of hydrogen-bond acceptors (Lipinski definition) is 7. The number of Topliss-reactive ketones (excluding diaryl/α,β-unsaturated/α-hetero) is 1. The van der Waals surface area contributed by atoms with Crippen molar-refractivity contribution in [2.24, 2.45) is 0 Å². The van der Waals surface area contributed by atoms with Gasteiger partial charge in [-0.25, -0.2) is 0 Å². The smallest absolute Gasteiger partial charge is 0.268 e. The van der Waals surface area contributed by atoms with E-state index in [1.165, 1.54) is 19.2 Å². The van der Waals surface area contributed by atoms with E-state index in [0.29, 0.717) is 0 Å². The lowest BCUT2D eigenvalue weighted by Gasteiger charge is -2.37. The molecule has 0 amide bonds. The zero-order valence-electron chi connectivity index (χ0n) is 12.1. The molecular formula is C16H14O7. The average molecular weight is 318 g/mol. The van der Waals surface area contributed by atoms with E-state index in [1.807, 2.05) is 0 Å². The molecule has 3 rings (SSSR count). The molecule has 0 aliphatic carbocycles. The van der Waals surface area contributed by atoms with Crippen molar-refractivity contribution < 1.29 is 34.7 Å². The number of hydrogen-bond donors (Lipinski definition) is 4. The van der Waals surface area contributed by atoms with Crippen molar-refractivity contribution in [3.05, 3.63) is 47.5 Å². The first-order valence-electron chi connectivity index (χ1n) is 6.72. The number of ether oxygens (including phenoxy) is 2. The molecule has 2 aromatic rings. The molecule has 2 unspecified atom stereocenters. The number of aromatic hydroxyl groups is 2. The van der Waals surface area contributed by atoms with Gasteiger partial charge < -0.3 is 29.9 Å². The molecule has 1 aliphatic heterocycles. The topological polar surface area (TPSA) is 116 Å². The summed E-state index contributed by atoms with van der Waals surface area (Å²) >= 11 is 0. The van der Waals surface area contributed by atoms with Gasteiger partial charge in [-0.3, -0.25) is 4.79 Å². The van der Waals surface area contributed by atoms with Gasteiger partial charge in [0.2, 0.25) is 11.5 Å². The molecule has 23 heavy (non-hydrogen) atoms. The summed E-state index contributed by atoms with van der Waals surface area (Å²) in [4.78, 5) is 12.4. The fourth-order valence-electron chi connectivity index (χ4n) is 2.56. The van der Waals surface area contributed by atoms with E-state index >= 15 is 0 Å². The van der Waals surface area contributed by atoms with Crippen LogP contribution in [0.3, 0.4) is 0 Å². The monoisotopic (exact) mass is 318 g/mol. The third-order valence-electron chi connectivity index (χ3n) is 3.72. The third kappa shape index (κ3) is 2.09. The van der Waals surface area contributed by atoms with E-state index in [2.05, 4.69) is 0 Å². The van der Waals surface area contributed by atoms with Crippen molar-refractivity contribution in [3.8, 4) is 23.0 Å². The molecule has 0 fully saturated rings. The second-order valence-electron chi connectivity index (χ2n) is 5.08. The van der Waals surface area contributed by atoms with E-state index in [-0.39, 0.29) is 22.6 Å². The minimum Gasteiger partial charge on any atom is -0.504 e. The zero-order chi connectivity index (χ0) is 16.8. The van der Waals surface area contributed by atoms with E-state index in [4.69, 9.17) is 9.47 Å². The maximum absolute atomic E-state index is 12.4. The summed E-state index contributed by atoms with van der Waals surface area (Å²) in [5, 5.41) is 40.8. The van der Waals surface area contributed by atoms with E-state index in [9.17, 15) is 25.2 Å². The van der Waals surface area contributed by atoms with Crippen molar-refractivity contribution in [1.82, 2.24) is 0 Å². The SMILES string of the molecule is COc1c(O)cc2c(c1O)C(=O)C(O)C(O)(c1ccccc1)O2. The van der Waals surface area contributed by atoms with Crippen LogP contribution in [0.2, 0.25) is 0 Å². The third-order valence-corrected chi connectivity index (χ3v) is 3.72. The molecule has 1 heterocycles. The summed E-state index contributed by atoms with van der Waals surface area (Å²) in [6.45, 7) is 0. The zero-order valence-corrected chi connectivity index (χ0v) is 12.1. The normalized spacial score (nSPS) is 23.1. The van der Waals surface area contributed by atoms with Crippen LogP contribution in [-0.4, -0.2) is 39.4 Å². The molecule has 0 saturated heterocycles. The predicted molar refractivity (Wildman–Crippen MR) is 77.6 cm³/mol.